The number of nitrogens with zero attached hydrogens (tertiary/aromatic N) is 1. The van der Waals surface area contributed by atoms with Crippen LogP contribution in [0.2, 0.25) is 0 Å². The predicted molar refractivity (Wildman–Crippen MR) is 87.1 cm³/mol. The van der Waals surface area contributed by atoms with E-state index in [4.69, 9.17) is 4.84 Å². The van der Waals surface area contributed by atoms with E-state index in [9.17, 15) is 9.59 Å². The number of para-hydroxylation sites is 2. The SMILES string of the molecule is O=C(Nc1ccccc1)C1=NOC(C(=O)Nc2ccccc2)C1. The number of anilines is 2. The zero-order chi connectivity index (χ0) is 16.1. The summed E-state index contributed by atoms with van der Waals surface area (Å²) in [6.07, 6.45) is -0.663. The summed E-state index contributed by atoms with van der Waals surface area (Å²) in [4.78, 5) is 29.3. The average Bonchev–Trinajstić information content (AvgIpc) is 3.07. The van der Waals surface area contributed by atoms with E-state index in [0.717, 1.165) is 0 Å². The molecule has 0 saturated heterocycles. The molecule has 6 heteroatoms. The van der Waals surface area contributed by atoms with E-state index in [0.29, 0.717) is 11.4 Å². The zero-order valence-corrected chi connectivity index (χ0v) is 12.2. The molecule has 0 bridgehead atoms. The van der Waals surface area contributed by atoms with Gasteiger partial charge in [0.2, 0.25) is 6.10 Å². The Bertz CT molecular complexity index is 729. The lowest BCUT2D eigenvalue weighted by Crippen LogP contribution is -2.30. The molecule has 1 heterocycles. The summed E-state index contributed by atoms with van der Waals surface area (Å²) in [6.45, 7) is 0. The number of benzene rings is 2. The molecule has 6 nitrogen and oxygen atoms in total. The minimum Gasteiger partial charge on any atom is -0.382 e. The van der Waals surface area contributed by atoms with Crippen LogP contribution in [0, 0.1) is 0 Å². The molecule has 0 spiro atoms. The number of oxime groups is 1. The van der Waals surface area contributed by atoms with Gasteiger partial charge in [0, 0.05) is 17.8 Å². The molecule has 1 aliphatic heterocycles. The topological polar surface area (TPSA) is 79.8 Å². The van der Waals surface area contributed by atoms with Gasteiger partial charge in [-0.25, -0.2) is 0 Å². The average molecular weight is 309 g/mol. The van der Waals surface area contributed by atoms with Crippen molar-refractivity contribution in [2.45, 2.75) is 12.5 Å². The lowest BCUT2D eigenvalue weighted by molar-refractivity contribution is -0.125. The smallest absolute Gasteiger partial charge is 0.273 e. The van der Waals surface area contributed by atoms with Gasteiger partial charge >= 0.3 is 0 Å². The molecule has 0 aliphatic carbocycles. The third kappa shape index (κ3) is 3.74. The summed E-state index contributed by atoms with van der Waals surface area (Å²) in [5.74, 6) is -0.700. The first-order chi connectivity index (χ1) is 11.2. The number of hydrogen-bond donors (Lipinski definition) is 2. The molecule has 1 atom stereocenters. The van der Waals surface area contributed by atoms with Gasteiger partial charge in [-0.05, 0) is 24.3 Å². The van der Waals surface area contributed by atoms with Crippen LogP contribution in [0.1, 0.15) is 6.42 Å². The first-order valence-electron chi connectivity index (χ1n) is 7.17. The number of hydrogen-bond acceptors (Lipinski definition) is 4. The maximum absolute atomic E-state index is 12.1. The second kappa shape index (κ2) is 6.74. The molecular weight excluding hydrogens is 294 g/mol. The van der Waals surface area contributed by atoms with Crippen LogP contribution in [0.4, 0.5) is 11.4 Å². The highest BCUT2D eigenvalue weighted by Crippen LogP contribution is 2.15. The molecule has 0 fully saturated rings. The Labute approximate surface area is 133 Å². The van der Waals surface area contributed by atoms with Crippen LogP contribution >= 0.6 is 0 Å². The van der Waals surface area contributed by atoms with Gasteiger partial charge in [0.1, 0.15) is 5.71 Å². The Morgan fingerprint density at radius 1 is 0.913 bits per heavy atom. The summed E-state index contributed by atoms with van der Waals surface area (Å²) in [6, 6.07) is 18.1. The summed E-state index contributed by atoms with van der Waals surface area (Å²) >= 11 is 0. The molecule has 23 heavy (non-hydrogen) atoms. The first-order valence-corrected chi connectivity index (χ1v) is 7.17. The Kier molecular flexibility index (Phi) is 4.33. The van der Waals surface area contributed by atoms with E-state index in [2.05, 4.69) is 15.8 Å². The van der Waals surface area contributed by atoms with Crippen LogP contribution < -0.4 is 10.6 Å². The largest absolute Gasteiger partial charge is 0.382 e. The number of carbonyl (C=O) groups excluding carboxylic acids is 2. The van der Waals surface area contributed by atoms with Crippen molar-refractivity contribution >= 4 is 28.9 Å². The van der Waals surface area contributed by atoms with Crippen molar-refractivity contribution in [3.05, 3.63) is 60.7 Å². The predicted octanol–water partition coefficient (Wildman–Crippen LogP) is 2.41. The van der Waals surface area contributed by atoms with Crippen molar-refractivity contribution < 1.29 is 14.4 Å². The first kappa shape index (κ1) is 14.8. The van der Waals surface area contributed by atoms with E-state index in [1.54, 1.807) is 24.3 Å². The van der Waals surface area contributed by atoms with Crippen LogP contribution in [-0.4, -0.2) is 23.6 Å². The van der Waals surface area contributed by atoms with Gasteiger partial charge in [-0.3, -0.25) is 9.59 Å². The molecule has 3 rings (SSSR count). The fourth-order valence-corrected chi connectivity index (χ4v) is 2.12. The minimum absolute atomic E-state index is 0.136. The Morgan fingerprint density at radius 3 is 2.09 bits per heavy atom. The van der Waals surface area contributed by atoms with Crippen molar-refractivity contribution in [1.29, 1.82) is 0 Å². The Hall–Kier alpha value is -3.15. The lowest BCUT2D eigenvalue weighted by atomic mass is 10.1. The molecule has 0 radical (unpaired) electrons. The lowest BCUT2D eigenvalue weighted by Gasteiger charge is -2.09. The fourth-order valence-electron chi connectivity index (χ4n) is 2.12. The molecule has 2 N–H and O–H groups in total. The summed E-state index contributed by atoms with van der Waals surface area (Å²) in [5, 5.41) is 9.16. The highest BCUT2D eigenvalue weighted by atomic mass is 16.6. The summed E-state index contributed by atoms with van der Waals surface area (Å²) in [7, 11) is 0. The Balaban J connectivity index is 1.55. The third-order valence-corrected chi connectivity index (χ3v) is 3.30. The number of carbonyl (C=O) groups is 2. The second-order valence-corrected chi connectivity index (χ2v) is 5.01. The van der Waals surface area contributed by atoms with E-state index in [1.807, 2.05) is 36.4 Å². The maximum Gasteiger partial charge on any atom is 0.273 e. The van der Waals surface area contributed by atoms with Gasteiger partial charge < -0.3 is 15.5 Å². The van der Waals surface area contributed by atoms with E-state index >= 15 is 0 Å². The molecule has 0 aromatic heterocycles. The van der Waals surface area contributed by atoms with Crippen LogP contribution in [0.25, 0.3) is 0 Å². The van der Waals surface area contributed by atoms with Gasteiger partial charge in [0.05, 0.1) is 0 Å². The van der Waals surface area contributed by atoms with Crippen molar-refractivity contribution in [3.8, 4) is 0 Å². The summed E-state index contributed by atoms with van der Waals surface area (Å²) < 4.78 is 0. The van der Waals surface area contributed by atoms with E-state index in [-0.39, 0.29) is 23.9 Å². The highest BCUT2D eigenvalue weighted by molar-refractivity contribution is 6.43. The number of nitrogens with one attached hydrogen (secondary N) is 2. The quantitative estimate of drug-likeness (QED) is 0.910. The van der Waals surface area contributed by atoms with Crippen molar-refractivity contribution in [2.75, 3.05) is 10.6 Å². The minimum atomic E-state index is -0.799. The normalized spacial score (nSPS) is 16.2. The molecular formula is C17H15N3O3. The molecule has 2 amide bonds. The molecule has 0 saturated carbocycles. The van der Waals surface area contributed by atoms with Crippen molar-refractivity contribution in [1.82, 2.24) is 0 Å². The van der Waals surface area contributed by atoms with Gasteiger partial charge in [-0.2, -0.15) is 0 Å². The Morgan fingerprint density at radius 2 is 1.48 bits per heavy atom. The monoisotopic (exact) mass is 309 g/mol. The van der Waals surface area contributed by atoms with E-state index < -0.39 is 6.10 Å². The zero-order valence-electron chi connectivity index (χ0n) is 12.2. The van der Waals surface area contributed by atoms with Gasteiger partial charge in [-0.1, -0.05) is 41.6 Å². The van der Waals surface area contributed by atoms with Gasteiger partial charge in [0.15, 0.2) is 0 Å². The summed E-state index contributed by atoms with van der Waals surface area (Å²) in [5.41, 5.74) is 1.53. The number of rotatable bonds is 4. The highest BCUT2D eigenvalue weighted by Gasteiger charge is 2.31. The molecule has 1 unspecified atom stereocenters. The van der Waals surface area contributed by atoms with Crippen LogP contribution in [0.15, 0.2) is 65.8 Å². The maximum atomic E-state index is 12.1. The van der Waals surface area contributed by atoms with Crippen LogP contribution in [-0.2, 0) is 14.4 Å². The fraction of sp³-hybridized carbons (Fsp3) is 0.118. The van der Waals surface area contributed by atoms with E-state index in [1.165, 1.54) is 0 Å². The van der Waals surface area contributed by atoms with Gasteiger partial charge in [-0.15, -0.1) is 0 Å². The molecule has 2 aromatic carbocycles. The molecule has 116 valence electrons. The van der Waals surface area contributed by atoms with Crippen molar-refractivity contribution in [3.63, 3.8) is 0 Å². The molecule has 1 aliphatic rings. The number of amides is 2. The van der Waals surface area contributed by atoms with Crippen LogP contribution in [0.3, 0.4) is 0 Å². The van der Waals surface area contributed by atoms with Crippen molar-refractivity contribution in [2.24, 2.45) is 5.16 Å². The second-order valence-electron chi connectivity index (χ2n) is 5.01. The molecule has 2 aromatic rings. The van der Waals surface area contributed by atoms with Gasteiger partial charge in [0.25, 0.3) is 11.8 Å². The van der Waals surface area contributed by atoms with Crippen LogP contribution in [0.5, 0.6) is 0 Å². The standard InChI is InChI=1S/C17H15N3O3/c21-16(18-12-7-3-1-4-8-12)14-11-15(23-20-14)17(22)19-13-9-5-2-6-10-13/h1-10,15H,11H2,(H,18,21)(H,19,22). The third-order valence-electron chi connectivity index (χ3n) is 3.30.